The van der Waals surface area contributed by atoms with Crippen LogP contribution in [0.4, 0.5) is 5.69 Å². The van der Waals surface area contributed by atoms with E-state index in [0.29, 0.717) is 12.1 Å². The van der Waals surface area contributed by atoms with Crippen LogP contribution >= 0.6 is 0 Å². The van der Waals surface area contributed by atoms with Crippen molar-refractivity contribution in [1.82, 2.24) is 4.98 Å². The van der Waals surface area contributed by atoms with Crippen molar-refractivity contribution < 1.29 is 4.92 Å². The summed E-state index contributed by atoms with van der Waals surface area (Å²) in [6.07, 6.45) is 1.24. The molecule has 0 spiro atoms. The van der Waals surface area contributed by atoms with Crippen LogP contribution in [0.3, 0.4) is 0 Å². The summed E-state index contributed by atoms with van der Waals surface area (Å²) in [5.41, 5.74) is 7.08. The highest BCUT2D eigenvalue weighted by Crippen LogP contribution is 2.18. The van der Waals surface area contributed by atoms with E-state index in [1.807, 2.05) is 13.8 Å². The van der Waals surface area contributed by atoms with Gasteiger partial charge in [0.2, 0.25) is 0 Å². The predicted octanol–water partition coefficient (Wildman–Crippen LogP) is 1.58. The van der Waals surface area contributed by atoms with Crippen molar-refractivity contribution in [1.29, 1.82) is 0 Å². The summed E-state index contributed by atoms with van der Waals surface area (Å²) in [6, 6.07) is 3.05. The number of nitro groups is 1. The molecule has 5 heteroatoms. The maximum absolute atomic E-state index is 10.7. The second-order valence-electron chi connectivity index (χ2n) is 3.55. The number of aromatic nitrogens is 1. The lowest BCUT2D eigenvalue weighted by Gasteiger charge is -2.08. The summed E-state index contributed by atoms with van der Waals surface area (Å²) in [6.45, 7) is 3.76. The molecule has 0 radical (unpaired) electrons. The molecular formula is C10H15N3O2. The van der Waals surface area contributed by atoms with Crippen LogP contribution in [-0.4, -0.2) is 15.9 Å². The molecule has 0 bridgehead atoms. The van der Waals surface area contributed by atoms with Crippen LogP contribution in [0.15, 0.2) is 12.1 Å². The minimum absolute atomic E-state index is 0.0597. The first kappa shape index (κ1) is 11.6. The number of aryl methyl sites for hydroxylation is 1. The fourth-order valence-electron chi connectivity index (χ4n) is 1.31. The summed E-state index contributed by atoms with van der Waals surface area (Å²) < 4.78 is 0. The molecule has 15 heavy (non-hydrogen) atoms. The lowest BCUT2D eigenvalue weighted by atomic mass is 10.1. The average molecular weight is 209 g/mol. The first-order valence-electron chi connectivity index (χ1n) is 4.91. The third-order valence-corrected chi connectivity index (χ3v) is 2.27. The molecule has 2 N–H and O–H groups in total. The molecule has 1 unspecified atom stereocenters. The first-order chi connectivity index (χ1) is 7.04. The van der Waals surface area contributed by atoms with Crippen LogP contribution in [0.5, 0.6) is 0 Å². The van der Waals surface area contributed by atoms with E-state index in [1.165, 1.54) is 6.07 Å². The molecule has 0 amide bonds. The van der Waals surface area contributed by atoms with Gasteiger partial charge >= 0.3 is 0 Å². The molecule has 1 aromatic heterocycles. The Morgan fingerprint density at radius 1 is 1.60 bits per heavy atom. The molecule has 0 aliphatic heterocycles. The van der Waals surface area contributed by atoms with Crippen LogP contribution < -0.4 is 5.73 Å². The van der Waals surface area contributed by atoms with Crippen molar-refractivity contribution in [3.63, 3.8) is 0 Å². The van der Waals surface area contributed by atoms with Gasteiger partial charge in [0.25, 0.3) is 5.69 Å². The van der Waals surface area contributed by atoms with E-state index in [4.69, 9.17) is 5.73 Å². The molecule has 0 aliphatic rings. The van der Waals surface area contributed by atoms with Crippen molar-refractivity contribution in [2.75, 3.05) is 0 Å². The van der Waals surface area contributed by atoms with Crippen LogP contribution in [0, 0.1) is 17.0 Å². The van der Waals surface area contributed by atoms with Crippen molar-refractivity contribution in [2.45, 2.75) is 32.7 Å². The molecule has 1 atom stereocenters. The van der Waals surface area contributed by atoms with Crippen molar-refractivity contribution in [2.24, 2.45) is 5.73 Å². The van der Waals surface area contributed by atoms with Gasteiger partial charge in [-0.25, -0.2) is 0 Å². The van der Waals surface area contributed by atoms with Gasteiger partial charge in [-0.2, -0.15) is 0 Å². The zero-order chi connectivity index (χ0) is 11.4. The Hall–Kier alpha value is -1.49. The largest absolute Gasteiger partial charge is 0.327 e. The Bertz CT molecular complexity index is 366. The van der Waals surface area contributed by atoms with Gasteiger partial charge in [0, 0.05) is 24.2 Å². The number of nitrogens with zero attached hydrogens (tertiary/aromatic N) is 2. The molecule has 82 valence electrons. The van der Waals surface area contributed by atoms with E-state index in [9.17, 15) is 10.1 Å². The summed E-state index contributed by atoms with van der Waals surface area (Å²) in [4.78, 5) is 14.5. The fraction of sp³-hybridized carbons (Fsp3) is 0.500. The van der Waals surface area contributed by atoms with Crippen molar-refractivity contribution in [3.8, 4) is 0 Å². The van der Waals surface area contributed by atoms with Gasteiger partial charge in [-0.15, -0.1) is 0 Å². The van der Waals surface area contributed by atoms with Gasteiger partial charge in [-0.3, -0.25) is 15.1 Å². The van der Waals surface area contributed by atoms with Gasteiger partial charge in [-0.1, -0.05) is 6.92 Å². The van der Waals surface area contributed by atoms with E-state index in [2.05, 4.69) is 4.98 Å². The highest BCUT2D eigenvalue weighted by Gasteiger charge is 2.16. The van der Waals surface area contributed by atoms with E-state index >= 15 is 0 Å². The summed E-state index contributed by atoms with van der Waals surface area (Å²) in [5, 5.41) is 10.7. The lowest BCUT2D eigenvalue weighted by Crippen LogP contribution is -2.22. The van der Waals surface area contributed by atoms with E-state index in [0.717, 1.165) is 12.1 Å². The minimum Gasteiger partial charge on any atom is -0.327 e. The van der Waals surface area contributed by atoms with E-state index in [-0.39, 0.29) is 11.7 Å². The number of pyridine rings is 1. The number of rotatable bonds is 4. The molecule has 1 heterocycles. The Balaban J connectivity index is 3.02. The Labute approximate surface area is 88.5 Å². The molecule has 1 rings (SSSR count). The first-order valence-corrected chi connectivity index (χ1v) is 4.91. The lowest BCUT2D eigenvalue weighted by molar-refractivity contribution is -0.386. The third-order valence-electron chi connectivity index (χ3n) is 2.27. The van der Waals surface area contributed by atoms with Crippen LogP contribution in [0.25, 0.3) is 0 Å². The topological polar surface area (TPSA) is 82.0 Å². The zero-order valence-electron chi connectivity index (χ0n) is 8.93. The molecule has 5 nitrogen and oxygen atoms in total. The molecule has 0 saturated heterocycles. The normalized spacial score (nSPS) is 12.5. The summed E-state index contributed by atoms with van der Waals surface area (Å²) in [7, 11) is 0. The zero-order valence-corrected chi connectivity index (χ0v) is 8.93. The maximum Gasteiger partial charge on any atom is 0.290 e. The van der Waals surface area contributed by atoms with Gasteiger partial charge in [-0.05, 0) is 19.4 Å². The quantitative estimate of drug-likeness (QED) is 0.602. The highest BCUT2D eigenvalue weighted by molar-refractivity contribution is 5.36. The van der Waals surface area contributed by atoms with Crippen molar-refractivity contribution >= 4 is 5.69 Å². The van der Waals surface area contributed by atoms with Crippen LogP contribution in [-0.2, 0) is 6.42 Å². The smallest absolute Gasteiger partial charge is 0.290 e. The Kier molecular flexibility index (Phi) is 3.74. The number of hydrogen-bond donors (Lipinski definition) is 1. The maximum atomic E-state index is 10.7. The highest BCUT2D eigenvalue weighted by atomic mass is 16.6. The van der Waals surface area contributed by atoms with Gasteiger partial charge in [0.15, 0.2) is 0 Å². The third kappa shape index (κ3) is 2.99. The van der Waals surface area contributed by atoms with Crippen LogP contribution in [0.1, 0.15) is 24.7 Å². The molecule has 0 aliphatic carbocycles. The second-order valence-corrected chi connectivity index (χ2v) is 3.55. The molecule has 1 aromatic rings. The van der Waals surface area contributed by atoms with Crippen LogP contribution in [0.2, 0.25) is 0 Å². The molecule has 0 fully saturated rings. The van der Waals surface area contributed by atoms with E-state index < -0.39 is 4.92 Å². The monoisotopic (exact) mass is 209 g/mol. The number of hydrogen-bond acceptors (Lipinski definition) is 4. The number of nitrogens with two attached hydrogens (primary N) is 1. The van der Waals surface area contributed by atoms with Gasteiger partial charge < -0.3 is 5.73 Å². The standard InChI is InChI=1S/C10H15N3O2/c1-3-8(11)6-9-10(13(14)15)5-4-7(2)12-9/h4-5,8H,3,6,11H2,1-2H3. The average Bonchev–Trinajstić information content (AvgIpc) is 2.17. The molecule has 0 saturated carbocycles. The Morgan fingerprint density at radius 2 is 2.27 bits per heavy atom. The summed E-state index contributed by atoms with van der Waals surface area (Å²) >= 11 is 0. The molecular weight excluding hydrogens is 194 g/mol. The summed E-state index contributed by atoms with van der Waals surface area (Å²) in [5.74, 6) is 0. The van der Waals surface area contributed by atoms with Crippen molar-refractivity contribution in [3.05, 3.63) is 33.6 Å². The fourth-order valence-corrected chi connectivity index (χ4v) is 1.31. The molecule has 0 aromatic carbocycles. The van der Waals surface area contributed by atoms with Gasteiger partial charge in [0.05, 0.1) is 4.92 Å². The second kappa shape index (κ2) is 4.84. The Morgan fingerprint density at radius 3 is 2.80 bits per heavy atom. The van der Waals surface area contributed by atoms with E-state index in [1.54, 1.807) is 6.07 Å². The van der Waals surface area contributed by atoms with Gasteiger partial charge in [0.1, 0.15) is 5.69 Å². The SMILES string of the molecule is CCC(N)Cc1nc(C)ccc1[N+](=O)[O-]. The predicted molar refractivity (Wildman–Crippen MR) is 57.6 cm³/mol. The minimum atomic E-state index is -0.413.